The van der Waals surface area contributed by atoms with Gasteiger partial charge >= 0.3 is 0 Å². The van der Waals surface area contributed by atoms with E-state index in [9.17, 15) is 4.79 Å². The Morgan fingerprint density at radius 1 is 1.26 bits per heavy atom. The van der Waals surface area contributed by atoms with Crippen LogP contribution in [0.2, 0.25) is 0 Å². The third-order valence-corrected chi connectivity index (χ3v) is 6.40. The van der Waals surface area contributed by atoms with Crippen LogP contribution >= 0.6 is 0 Å². The molecule has 0 radical (unpaired) electrons. The topological polar surface area (TPSA) is 50.2 Å². The number of aryl methyl sites for hydroxylation is 1. The Balaban J connectivity index is 1.64. The number of carbonyl (C=O) groups is 1. The van der Waals surface area contributed by atoms with Crippen LogP contribution in [-0.4, -0.2) is 38.0 Å². The Morgan fingerprint density at radius 3 is 2.81 bits per heavy atom. The molecule has 5 nitrogen and oxygen atoms in total. The second-order valence-electron chi connectivity index (χ2n) is 8.44. The van der Waals surface area contributed by atoms with Gasteiger partial charge < -0.3 is 9.88 Å². The maximum atomic E-state index is 12.4. The lowest BCUT2D eigenvalue weighted by atomic mass is 9.85. The molecule has 3 atom stereocenters. The molecule has 2 saturated heterocycles. The van der Waals surface area contributed by atoms with Crippen LogP contribution in [0.5, 0.6) is 0 Å². The highest BCUT2D eigenvalue weighted by molar-refractivity contribution is 5.77. The Morgan fingerprint density at radius 2 is 2.07 bits per heavy atom. The number of fused-ring (bicyclic) bond motifs is 1. The number of benzene rings is 1. The van der Waals surface area contributed by atoms with Crippen molar-refractivity contribution in [1.29, 1.82) is 0 Å². The predicted molar refractivity (Wildman–Crippen MR) is 106 cm³/mol. The fourth-order valence-electron chi connectivity index (χ4n) is 5.03. The van der Waals surface area contributed by atoms with E-state index in [2.05, 4.69) is 64.1 Å². The molecule has 5 heteroatoms. The molecule has 0 aliphatic carbocycles. The van der Waals surface area contributed by atoms with Crippen LogP contribution in [0, 0.1) is 0 Å². The third kappa shape index (κ3) is 3.79. The van der Waals surface area contributed by atoms with E-state index in [0.29, 0.717) is 18.5 Å². The first-order valence-electron chi connectivity index (χ1n) is 10.1. The summed E-state index contributed by atoms with van der Waals surface area (Å²) in [4.78, 5) is 19.3. The molecule has 0 saturated carbocycles. The van der Waals surface area contributed by atoms with Gasteiger partial charge in [0.15, 0.2) is 0 Å². The van der Waals surface area contributed by atoms with E-state index in [-0.39, 0.29) is 11.4 Å². The molecule has 144 valence electrons. The van der Waals surface area contributed by atoms with E-state index >= 15 is 0 Å². The van der Waals surface area contributed by atoms with Crippen molar-refractivity contribution >= 4 is 5.91 Å². The van der Waals surface area contributed by atoms with Crippen LogP contribution in [0.25, 0.3) is 0 Å². The molecule has 2 fully saturated rings. The summed E-state index contributed by atoms with van der Waals surface area (Å²) in [5.41, 5.74) is 2.43. The van der Waals surface area contributed by atoms with Gasteiger partial charge in [-0.25, -0.2) is 4.98 Å². The largest absolute Gasteiger partial charge is 0.349 e. The number of nitrogens with one attached hydrogen (secondary N) is 1. The molecule has 2 aliphatic heterocycles. The molecule has 2 aliphatic rings. The Hall–Kier alpha value is -2.14. The van der Waals surface area contributed by atoms with Gasteiger partial charge in [0.2, 0.25) is 5.91 Å². The molecule has 0 unspecified atom stereocenters. The summed E-state index contributed by atoms with van der Waals surface area (Å²) in [7, 11) is 2.06. The van der Waals surface area contributed by atoms with Gasteiger partial charge in [0, 0.05) is 38.3 Å². The average molecular weight is 367 g/mol. The lowest BCUT2D eigenvalue weighted by Crippen LogP contribution is -2.55. The van der Waals surface area contributed by atoms with Gasteiger partial charge in [-0.1, -0.05) is 36.8 Å². The maximum absolute atomic E-state index is 12.4. The van der Waals surface area contributed by atoms with Crippen molar-refractivity contribution in [3.63, 3.8) is 0 Å². The molecule has 2 aromatic rings. The highest BCUT2D eigenvalue weighted by Gasteiger charge is 2.49. The van der Waals surface area contributed by atoms with Crippen molar-refractivity contribution in [3.8, 4) is 0 Å². The van der Waals surface area contributed by atoms with Crippen molar-refractivity contribution in [2.45, 2.75) is 69.6 Å². The first kappa shape index (κ1) is 18.2. The Bertz CT molecular complexity index is 787. The number of likely N-dealkylation sites (tertiary alicyclic amines) is 1. The number of aromatic nitrogens is 2. The Labute approximate surface area is 161 Å². The van der Waals surface area contributed by atoms with E-state index in [0.717, 1.165) is 38.6 Å². The maximum Gasteiger partial charge on any atom is 0.220 e. The van der Waals surface area contributed by atoms with Crippen molar-refractivity contribution in [2.75, 3.05) is 0 Å². The second-order valence-corrected chi connectivity index (χ2v) is 8.44. The lowest BCUT2D eigenvalue weighted by Gasteiger charge is -2.38. The van der Waals surface area contributed by atoms with E-state index in [1.54, 1.807) is 0 Å². The third-order valence-electron chi connectivity index (χ3n) is 6.40. The summed E-state index contributed by atoms with van der Waals surface area (Å²) in [6, 6.07) is 11.5. The zero-order valence-corrected chi connectivity index (χ0v) is 16.4. The van der Waals surface area contributed by atoms with E-state index in [4.69, 9.17) is 0 Å². The number of amides is 1. The van der Waals surface area contributed by atoms with E-state index in [1.165, 1.54) is 11.3 Å². The fraction of sp³-hybridized carbons (Fsp3) is 0.545. The van der Waals surface area contributed by atoms with Crippen LogP contribution in [0.3, 0.4) is 0 Å². The van der Waals surface area contributed by atoms with Crippen LogP contribution in [0.1, 0.15) is 50.3 Å². The molecule has 0 spiro atoms. The van der Waals surface area contributed by atoms with Gasteiger partial charge in [0.1, 0.15) is 0 Å². The first-order valence-corrected chi connectivity index (χ1v) is 10.1. The number of hydrogen-bond donors (Lipinski definition) is 1. The van der Waals surface area contributed by atoms with Crippen molar-refractivity contribution in [3.05, 3.63) is 54.1 Å². The smallest absolute Gasteiger partial charge is 0.220 e. The average Bonchev–Trinajstić information content (AvgIpc) is 3.13. The van der Waals surface area contributed by atoms with Crippen LogP contribution in [-0.2, 0) is 24.8 Å². The Kier molecular flexibility index (Phi) is 5.04. The molecular formula is C22H30N4O. The van der Waals surface area contributed by atoms with Gasteiger partial charge in [0.25, 0.3) is 0 Å². The summed E-state index contributed by atoms with van der Waals surface area (Å²) in [6.45, 7) is 3.13. The number of nitrogens with zero attached hydrogens (tertiary/aromatic N) is 3. The second kappa shape index (κ2) is 7.47. The van der Waals surface area contributed by atoms with Gasteiger partial charge in [-0.15, -0.1) is 0 Å². The van der Waals surface area contributed by atoms with Crippen molar-refractivity contribution in [1.82, 2.24) is 19.8 Å². The van der Waals surface area contributed by atoms with E-state index in [1.807, 2.05) is 12.5 Å². The van der Waals surface area contributed by atoms with Crippen LogP contribution in [0.4, 0.5) is 0 Å². The molecule has 4 rings (SSSR count). The van der Waals surface area contributed by atoms with Gasteiger partial charge in [-0.05, 0) is 38.2 Å². The van der Waals surface area contributed by atoms with Crippen molar-refractivity contribution < 1.29 is 4.79 Å². The van der Waals surface area contributed by atoms with Crippen LogP contribution < -0.4 is 5.32 Å². The zero-order chi connectivity index (χ0) is 18.9. The summed E-state index contributed by atoms with van der Waals surface area (Å²) in [5.74, 6) is 0.211. The molecule has 1 aromatic heterocycles. The quantitative estimate of drug-likeness (QED) is 0.905. The minimum atomic E-state index is -0.157. The number of imidazole rings is 1. The fourth-order valence-corrected chi connectivity index (χ4v) is 5.03. The molecule has 1 N–H and O–H groups in total. The zero-order valence-electron chi connectivity index (χ0n) is 16.4. The number of hydrogen-bond acceptors (Lipinski definition) is 3. The van der Waals surface area contributed by atoms with Crippen molar-refractivity contribution in [2.24, 2.45) is 7.05 Å². The molecule has 27 heavy (non-hydrogen) atoms. The highest BCUT2D eigenvalue weighted by atomic mass is 16.1. The highest BCUT2D eigenvalue weighted by Crippen LogP contribution is 2.39. The number of rotatable bonds is 4. The van der Waals surface area contributed by atoms with Gasteiger partial charge in [-0.3, -0.25) is 9.69 Å². The minimum absolute atomic E-state index is 0.157. The molecular weight excluding hydrogens is 336 g/mol. The molecule has 1 amide bonds. The first-order chi connectivity index (χ1) is 13.0. The standard InChI is InChI=1S/C22H30N4O/c1-22-13-18(12-17-8-4-3-5-9-17)26(15-19-14-23-16-25(19)2)20(22)10-6-7-11-21(27)24-22/h3-5,8-9,14,16,18,20H,6-7,10-13,15H2,1-2H3,(H,24,27)/t18-,20+,22+/m1/s1. The van der Waals surface area contributed by atoms with Crippen LogP contribution in [0.15, 0.2) is 42.9 Å². The number of carbonyl (C=O) groups excluding carboxylic acids is 1. The van der Waals surface area contributed by atoms with E-state index < -0.39 is 0 Å². The molecule has 0 bridgehead atoms. The molecule has 3 heterocycles. The molecule has 1 aromatic carbocycles. The normalized spacial score (nSPS) is 29.0. The lowest BCUT2D eigenvalue weighted by molar-refractivity contribution is -0.123. The summed E-state index contributed by atoms with van der Waals surface area (Å²) < 4.78 is 2.11. The predicted octanol–water partition coefficient (Wildman–Crippen LogP) is 3.05. The van der Waals surface area contributed by atoms with Gasteiger partial charge in [-0.2, -0.15) is 0 Å². The minimum Gasteiger partial charge on any atom is -0.349 e. The SMILES string of the molecule is Cn1cncc1CN1[C@H](Cc2ccccc2)C[C@]2(C)NC(=O)CCCC[C@H]12. The summed E-state index contributed by atoms with van der Waals surface area (Å²) in [6.07, 6.45) is 9.76. The summed E-state index contributed by atoms with van der Waals surface area (Å²) >= 11 is 0. The summed E-state index contributed by atoms with van der Waals surface area (Å²) in [5, 5.41) is 3.39. The van der Waals surface area contributed by atoms with Gasteiger partial charge in [0.05, 0.1) is 17.6 Å². The monoisotopic (exact) mass is 366 g/mol.